The number of methoxy groups -OCH3 is 1. The number of nitrogens with zero attached hydrogens (tertiary/aromatic N) is 2. The highest BCUT2D eigenvalue weighted by molar-refractivity contribution is 5.64. The number of hydrogen-bond donors (Lipinski definition) is 2. The first-order valence-electron chi connectivity index (χ1n) is 9.06. The number of nitrogens with one attached hydrogen (secondary N) is 2. The van der Waals surface area contributed by atoms with Gasteiger partial charge in [0.15, 0.2) is 0 Å². The standard InChI is InChI=1S/C21H24N4O/c1-26-20-9-7-16(8-10-20)21-17(13-23-18-11-12-22-14-18)15-25(24-21)19-5-3-2-4-6-19/h2-10,15,18,22-23H,11-14H2,1H3. The molecule has 1 atom stereocenters. The number of rotatable bonds is 6. The fourth-order valence-corrected chi connectivity index (χ4v) is 3.33. The van der Waals surface area contributed by atoms with Gasteiger partial charge in [0.2, 0.25) is 0 Å². The summed E-state index contributed by atoms with van der Waals surface area (Å²) in [6.45, 7) is 2.93. The quantitative estimate of drug-likeness (QED) is 0.719. The first-order valence-corrected chi connectivity index (χ1v) is 9.06. The molecular weight excluding hydrogens is 324 g/mol. The Morgan fingerprint density at radius 3 is 2.65 bits per heavy atom. The molecule has 0 saturated carbocycles. The maximum atomic E-state index is 5.28. The SMILES string of the molecule is COc1ccc(-c2nn(-c3ccccc3)cc2CNC2CCNC2)cc1. The third kappa shape index (κ3) is 3.64. The van der Waals surface area contributed by atoms with Crippen molar-refractivity contribution < 1.29 is 4.74 Å². The van der Waals surface area contributed by atoms with Gasteiger partial charge in [0.05, 0.1) is 18.5 Å². The summed E-state index contributed by atoms with van der Waals surface area (Å²) in [6, 6.07) is 18.9. The van der Waals surface area contributed by atoms with Crippen LogP contribution in [0.15, 0.2) is 60.8 Å². The lowest BCUT2D eigenvalue weighted by atomic mass is 10.1. The third-order valence-electron chi connectivity index (χ3n) is 4.82. The van der Waals surface area contributed by atoms with Crippen LogP contribution in [0.2, 0.25) is 0 Å². The van der Waals surface area contributed by atoms with Gasteiger partial charge in [-0.05, 0) is 49.4 Å². The van der Waals surface area contributed by atoms with Gasteiger partial charge in [-0.3, -0.25) is 0 Å². The Morgan fingerprint density at radius 2 is 1.96 bits per heavy atom. The van der Waals surface area contributed by atoms with Gasteiger partial charge < -0.3 is 15.4 Å². The average Bonchev–Trinajstić information content (AvgIpc) is 3.37. The first kappa shape index (κ1) is 16.8. The predicted octanol–water partition coefficient (Wildman–Crippen LogP) is 3.00. The van der Waals surface area contributed by atoms with Gasteiger partial charge in [-0.15, -0.1) is 0 Å². The van der Waals surface area contributed by atoms with E-state index in [0.29, 0.717) is 6.04 Å². The molecule has 2 heterocycles. The normalized spacial score (nSPS) is 16.7. The fourth-order valence-electron chi connectivity index (χ4n) is 3.33. The molecule has 1 fully saturated rings. The second-order valence-corrected chi connectivity index (χ2v) is 6.58. The van der Waals surface area contributed by atoms with Crippen LogP contribution in [0.1, 0.15) is 12.0 Å². The summed E-state index contributed by atoms with van der Waals surface area (Å²) in [4.78, 5) is 0. The van der Waals surface area contributed by atoms with Crippen LogP contribution in [0.4, 0.5) is 0 Å². The van der Waals surface area contributed by atoms with E-state index in [9.17, 15) is 0 Å². The van der Waals surface area contributed by atoms with Crippen molar-refractivity contribution in [2.75, 3.05) is 20.2 Å². The lowest BCUT2D eigenvalue weighted by Crippen LogP contribution is -2.30. The highest BCUT2D eigenvalue weighted by Crippen LogP contribution is 2.26. The lowest BCUT2D eigenvalue weighted by Gasteiger charge is -2.11. The zero-order valence-corrected chi connectivity index (χ0v) is 15.0. The fraction of sp³-hybridized carbons (Fsp3) is 0.286. The Labute approximate surface area is 154 Å². The smallest absolute Gasteiger partial charge is 0.118 e. The summed E-state index contributed by atoms with van der Waals surface area (Å²) in [5.41, 5.74) is 4.37. The first-order chi connectivity index (χ1) is 12.8. The largest absolute Gasteiger partial charge is 0.497 e. The molecule has 0 amide bonds. The van der Waals surface area contributed by atoms with Crippen molar-refractivity contribution in [2.24, 2.45) is 0 Å². The average molecular weight is 348 g/mol. The van der Waals surface area contributed by atoms with Gasteiger partial charge in [0.1, 0.15) is 5.75 Å². The maximum absolute atomic E-state index is 5.28. The van der Waals surface area contributed by atoms with E-state index >= 15 is 0 Å². The zero-order chi connectivity index (χ0) is 17.8. The molecule has 3 aromatic rings. The second kappa shape index (κ2) is 7.72. The number of ether oxygens (including phenoxy) is 1. The number of para-hydroxylation sites is 1. The lowest BCUT2D eigenvalue weighted by molar-refractivity contribution is 0.415. The molecule has 1 aromatic heterocycles. The Kier molecular flexibility index (Phi) is 5.00. The summed E-state index contributed by atoms with van der Waals surface area (Å²) in [6.07, 6.45) is 3.30. The molecular formula is C21H24N4O. The predicted molar refractivity (Wildman–Crippen MR) is 104 cm³/mol. The summed E-state index contributed by atoms with van der Waals surface area (Å²) >= 11 is 0. The summed E-state index contributed by atoms with van der Waals surface area (Å²) in [7, 11) is 1.68. The highest BCUT2D eigenvalue weighted by Gasteiger charge is 2.17. The molecule has 2 N–H and O–H groups in total. The van der Waals surface area contributed by atoms with Crippen LogP contribution in [-0.2, 0) is 6.54 Å². The van der Waals surface area contributed by atoms with Crippen LogP contribution in [0.5, 0.6) is 5.75 Å². The van der Waals surface area contributed by atoms with Crippen molar-refractivity contribution in [3.05, 3.63) is 66.4 Å². The van der Waals surface area contributed by atoms with Crippen LogP contribution < -0.4 is 15.4 Å². The van der Waals surface area contributed by atoms with E-state index in [-0.39, 0.29) is 0 Å². The van der Waals surface area contributed by atoms with Crippen molar-refractivity contribution in [1.29, 1.82) is 0 Å². The summed E-state index contributed by atoms with van der Waals surface area (Å²) < 4.78 is 7.24. The van der Waals surface area contributed by atoms with Gasteiger partial charge in [-0.25, -0.2) is 4.68 Å². The maximum Gasteiger partial charge on any atom is 0.118 e. The Hall–Kier alpha value is -2.63. The molecule has 1 aliphatic rings. The van der Waals surface area contributed by atoms with E-state index in [2.05, 4.69) is 41.1 Å². The Balaban J connectivity index is 1.65. The van der Waals surface area contributed by atoms with Crippen LogP contribution >= 0.6 is 0 Å². The summed E-state index contributed by atoms with van der Waals surface area (Å²) in [5.74, 6) is 0.855. The van der Waals surface area contributed by atoms with Crippen molar-refractivity contribution >= 4 is 0 Å². The van der Waals surface area contributed by atoms with Crippen LogP contribution in [0, 0.1) is 0 Å². The molecule has 134 valence electrons. The summed E-state index contributed by atoms with van der Waals surface area (Å²) in [5, 5.41) is 11.9. The van der Waals surface area contributed by atoms with Crippen LogP contribution in [-0.4, -0.2) is 36.0 Å². The van der Waals surface area contributed by atoms with E-state index in [1.54, 1.807) is 7.11 Å². The molecule has 4 rings (SSSR count). The number of benzene rings is 2. The van der Waals surface area contributed by atoms with Crippen molar-refractivity contribution in [3.63, 3.8) is 0 Å². The third-order valence-corrected chi connectivity index (χ3v) is 4.82. The minimum absolute atomic E-state index is 0.527. The second-order valence-electron chi connectivity index (χ2n) is 6.58. The molecule has 1 unspecified atom stereocenters. The molecule has 0 spiro atoms. The van der Waals surface area contributed by atoms with Crippen molar-refractivity contribution in [3.8, 4) is 22.7 Å². The number of hydrogen-bond acceptors (Lipinski definition) is 4. The van der Waals surface area contributed by atoms with E-state index in [4.69, 9.17) is 9.84 Å². The van der Waals surface area contributed by atoms with E-state index < -0.39 is 0 Å². The van der Waals surface area contributed by atoms with E-state index in [1.807, 2.05) is 35.0 Å². The zero-order valence-electron chi connectivity index (χ0n) is 15.0. The molecule has 0 bridgehead atoms. The minimum Gasteiger partial charge on any atom is -0.497 e. The van der Waals surface area contributed by atoms with Gasteiger partial charge >= 0.3 is 0 Å². The number of aromatic nitrogens is 2. The van der Waals surface area contributed by atoms with Gasteiger partial charge in [0.25, 0.3) is 0 Å². The monoisotopic (exact) mass is 348 g/mol. The van der Waals surface area contributed by atoms with Gasteiger partial charge in [-0.1, -0.05) is 18.2 Å². The molecule has 5 heteroatoms. The van der Waals surface area contributed by atoms with E-state index in [1.165, 1.54) is 12.0 Å². The topological polar surface area (TPSA) is 51.1 Å². The highest BCUT2D eigenvalue weighted by atomic mass is 16.5. The molecule has 0 radical (unpaired) electrons. The molecule has 26 heavy (non-hydrogen) atoms. The van der Waals surface area contributed by atoms with Crippen molar-refractivity contribution in [1.82, 2.24) is 20.4 Å². The van der Waals surface area contributed by atoms with Crippen LogP contribution in [0.3, 0.4) is 0 Å². The van der Waals surface area contributed by atoms with Crippen molar-refractivity contribution in [2.45, 2.75) is 19.0 Å². The Morgan fingerprint density at radius 1 is 1.15 bits per heavy atom. The van der Waals surface area contributed by atoms with Gasteiger partial charge in [-0.2, -0.15) is 5.10 Å². The van der Waals surface area contributed by atoms with Gasteiger partial charge in [0, 0.05) is 36.5 Å². The molecule has 0 aliphatic carbocycles. The minimum atomic E-state index is 0.527. The van der Waals surface area contributed by atoms with E-state index in [0.717, 1.165) is 42.3 Å². The molecule has 1 saturated heterocycles. The molecule has 5 nitrogen and oxygen atoms in total. The Bertz CT molecular complexity index is 836. The van der Waals surface area contributed by atoms with Crippen LogP contribution in [0.25, 0.3) is 16.9 Å². The molecule has 2 aromatic carbocycles. The molecule has 1 aliphatic heterocycles.